The Hall–Kier alpha value is -0.840. The second-order valence-electron chi connectivity index (χ2n) is 4.58. The molecule has 1 unspecified atom stereocenters. The predicted molar refractivity (Wildman–Crippen MR) is 72.8 cm³/mol. The summed E-state index contributed by atoms with van der Waals surface area (Å²) >= 11 is 0. The summed E-state index contributed by atoms with van der Waals surface area (Å²) in [4.78, 5) is 0. The average molecular weight is 308 g/mol. The van der Waals surface area contributed by atoms with Gasteiger partial charge in [0.1, 0.15) is 0 Å². The highest BCUT2D eigenvalue weighted by molar-refractivity contribution is 4.95. The van der Waals surface area contributed by atoms with E-state index in [2.05, 4.69) is 0 Å². The van der Waals surface area contributed by atoms with E-state index in [1.165, 1.54) is 12.2 Å². The van der Waals surface area contributed by atoms with Crippen molar-refractivity contribution in [3.05, 3.63) is 24.3 Å². The SMILES string of the molecule is OCC(CO)(CO)C(CC=CC(O)O)OCC=CC(O)O. The van der Waals surface area contributed by atoms with E-state index < -0.39 is 43.9 Å². The molecule has 0 aliphatic carbocycles. The Morgan fingerprint density at radius 3 is 1.71 bits per heavy atom. The minimum absolute atomic E-state index is 0.0421. The second kappa shape index (κ2) is 10.8. The standard InChI is InChI=1S/C13H24O8/c14-7-13(8-15,9-16)10(3-1-4-11(17)18)21-6-2-5-12(19)20/h1-2,4-5,10-12,14-20H,3,6-9H2. The third-order valence-corrected chi connectivity index (χ3v) is 2.99. The maximum absolute atomic E-state index is 9.38. The van der Waals surface area contributed by atoms with Crippen LogP contribution in [0.5, 0.6) is 0 Å². The van der Waals surface area contributed by atoms with Gasteiger partial charge in [0, 0.05) is 0 Å². The lowest BCUT2D eigenvalue weighted by Gasteiger charge is -2.35. The van der Waals surface area contributed by atoms with Crippen molar-refractivity contribution >= 4 is 0 Å². The van der Waals surface area contributed by atoms with Crippen molar-refractivity contribution in [3.8, 4) is 0 Å². The first-order valence-corrected chi connectivity index (χ1v) is 6.41. The molecular formula is C13H24O8. The summed E-state index contributed by atoms with van der Waals surface area (Å²) in [7, 11) is 0. The maximum Gasteiger partial charge on any atom is 0.171 e. The largest absolute Gasteiger partial charge is 0.396 e. The molecule has 0 aromatic rings. The molecule has 0 heterocycles. The van der Waals surface area contributed by atoms with Crippen LogP contribution < -0.4 is 0 Å². The van der Waals surface area contributed by atoms with Crippen LogP contribution in [0.1, 0.15) is 6.42 Å². The first-order valence-electron chi connectivity index (χ1n) is 6.41. The van der Waals surface area contributed by atoms with Crippen LogP contribution in [0.2, 0.25) is 0 Å². The van der Waals surface area contributed by atoms with Gasteiger partial charge in [0.25, 0.3) is 0 Å². The first kappa shape index (κ1) is 20.2. The Bertz CT molecular complexity index is 301. The van der Waals surface area contributed by atoms with Crippen molar-refractivity contribution in [3.63, 3.8) is 0 Å². The molecule has 7 N–H and O–H groups in total. The van der Waals surface area contributed by atoms with E-state index in [1.54, 1.807) is 0 Å². The smallest absolute Gasteiger partial charge is 0.171 e. The van der Waals surface area contributed by atoms with E-state index in [4.69, 9.17) is 25.2 Å². The Morgan fingerprint density at radius 1 is 0.810 bits per heavy atom. The van der Waals surface area contributed by atoms with E-state index in [0.717, 1.165) is 12.2 Å². The summed E-state index contributed by atoms with van der Waals surface area (Å²) in [5.41, 5.74) is -1.31. The van der Waals surface area contributed by atoms with E-state index in [0.29, 0.717) is 0 Å². The minimum Gasteiger partial charge on any atom is -0.396 e. The fourth-order valence-electron chi connectivity index (χ4n) is 1.62. The van der Waals surface area contributed by atoms with Crippen molar-refractivity contribution in [1.29, 1.82) is 0 Å². The van der Waals surface area contributed by atoms with Gasteiger partial charge in [0.15, 0.2) is 12.6 Å². The van der Waals surface area contributed by atoms with Crippen molar-refractivity contribution < 1.29 is 40.5 Å². The van der Waals surface area contributed by atoms with Gasteiger partial charge in [-0.15, -0.1) is 0 Å². The van der Waals surface area contributed by atoms with Gasteiger partial charge in [-0.05, 0) is 18.6 Å². The van der Waals surface area contributed by atoms with Crippen LogP contribution in [0.15, 0.2) is 24.3 Å². The molecule has 0 fully saturated rings. The number of hydrogen-bond donors (Lipinski definition) is 7. The van der Waals surface area contributed by atoms with Crippen LogP contribution >= 0.6 is 0 Å². The Balaban J connectivity index is 4.82. The second-order valence-corrected chi connectivity index (χ2v) is 4.58. The van der Waals surface area contributed by atoms with E-state index in [9.17, 15) is 15.3 Å². The molecule has 0 aliphatic heterocycles. The van der Waals surface area contributed by atoms with Gasteiger partial charge in [0.05, 0.1) is 37.9 Å². The number of hydrogen-bond acceptors (Lipinski definition) is 8. The van der Waals surface area contributed by atoms with Crippen molar-refractivity contribution in [2.75, 3.05) is 26.4 Å². The zero-order valence-corrected chi connectivity index (χ0v) is 11.6. The lowest BCUT2D eigenvalue weighted by Crippen LogP contribution is -2.46. The molecule has 0 radical (unpaired) electrons. The fourth-order valence-corrected chi connectivity index (χ4v) is 1.62. The van der Waals surface area contributed by atoms with Crippen molar-refractivity contribution in [1.82, 2.24) is 0 Å². The van der Waals surface area contributed by atoms with Gasteiger partial charge >= 0.3 is 0 Å². The first-order chi connectivity index (χ1) is 9.91. The van der Waals surface area contributed by atoms with Crippen LogP contribution in [-0.2, 0) is 4.74 Å². The number of aliphatic hydroxyl groups is 7. The molecule has 0 aliphatic rings. The maximum atomic E-state index is 9.38. The molecule has 0 aromatic carbocycles. The lowest BCUT2D eigenvalue weighted by atomic mass is 9.82. The van der Waals surface area contributed by atoms with Crippen LogP contribution in [0, 0.1) is 5.41 Å². The molecule has 0 amide bonds. The Labute approximate surface area is 122 Å². The molecule has 1 atom stereocenters. The zero-order valence-electron chi connectivity index (χ0n) is 11.6. The van der Waals surface area contributed by atoms with E-state index in [-0.39, 0.29) is 13.0 Å². The quantitative estimate of drug-likeness (QED) is 0.163. The zero-order chi connectivity index (χ0) is 16.3. The third-order valence-electron chi connectivity index (χ3n) is 2.99. The monoisotopic (exact) mass is 308 g/mol. The van der Waals surface area contributed by atoms with Crippen LogP contribution in [-0.4, -0.2) is 80.9 Å². The highest BCUT2D eigenvalue weighted by Crippen LogP contribution is 2.26. The van der Waals surface area contributed by atoms with Gasteiger partial charge in [-0.3, -0.25) is 0 Å². The molecule has 124 valence electrons. The van der Waals surface area contributed by atoms with Crippen molar-refractivity contribution in [2.45, 2.75) is 25.1 Å². The van der Waals surface area contributed by atoms with Gasteiger partial charge in [-0.2, -0.15) is 0 Å². The normalized spacial score (nSPS) is 14.9. The topological polar surface area (TPSA) is 151 Å². The molecule has 8 nitrogen and oxygen atoms in total. The minimum atomic E-state index is -1.64. The van der Waals surface area contributed by atoms with Gasteiger partial charge in [0.2, 0.25) is 0 Å². The summed E-state index contributed by atoms with van der Waals surface area (Å²) in [5, 5.41) is 62.9. The Kier molecular flexibility index (Phi) is 10.4. The van der Waals surface area contributed by atoms with E-state index >= 15 is 0 Å². The number of ether oxygens (including phenoxy) is 1. The summed E-state index contributed by atoms with van der Waals surface area (Å²) in [5.74, 6) is 0. The predicted octanol–water partition coefficient (Wildman–Crippen LogP) is -2.54. The third kappa shape index (κ3) is 7.65. The van der Waals surface area contributed by atoms with Gasteiger partial charge < -0.3 is 40.5 Å². The molecule has 0 saturated heterocycles. The molecule has 0 aromatic heterocycles. The molecule has 0 spiro atoms. The summed E-state index contributed by atoms with van der Waals surface area (Å²) in [6.45, 7) is -1.65. The van der Waals surface area contributed by atoms with Gasteiger partial charge in [-0.1, -0.05) is 12.2 Å². The van der Waals surface area contributed by atoms with Crippen LogP contribution in [0.25, 0.3) is 0 Å². The fraction of sp³-hybridized carbons (Fsp3) is 0.692. The molecule has 0 bridgehead atoms. The number of aliphatic hydroxyl groups excluding tert-OH is 5. The molecular weight excluding hydrogens is 284 g/mol. The number of rotatable bonds is 11. The molecule has 8 heteroatoms. The van der Waals surface area contributed by atoms with Crippen LogP contribution in [0.4, 0.5) is 0 Å². The highest BCUT2D eigenvalue weighted by Gasteiger charge is 2.37. The van der Waals surface area contributed by atoms with E-state index in [1.807, 2.05) is 0 Å². The Morgan fingerprint density at radius 2 is 1.29 bits per heavy atom. The van der Waals surface area contributed by atoms with Crippen molar-refractivity contribution in [2.24, 2.45) is 5.41 Å². The van der Waals surface area contributed by atoms with Crippen LogP contribution in [0.3, 0.4) is 0 Å². The summed E-state index contributed by atoms with van der Waals surface area (Å²) in [6.07, 6.45) is 0.914. The molecule has 21 heavy (non-hydrogen) atoms. The molecule has 0 rings (SSSR count). The lowest BCUT2D eigenvalue weighted by molar-refractivity contribution is -0.106. The van der Waals surface area contributed by atoms with Gasteiger partial charge in [-0.25, -0.2) is 0 Å². The average Bonchev–Trinajstić information content (AvgIpc) is 2.44. The summed E-state index contributed by atoms with van der Waals surface area (Å²) < 4.78 is 5.41. The molecule has 0 saturated carbocycles. The summed E-state index contributed by atoms with van der Waals surface area (Å²) in [6, 6.07) is 0. The highest BCUT2D eigenvalue weighted by atomic mass is 16.5.